The molecule has 2 atom stereocenters. The highest BCUT2D eigenvalue weighted by molar-refractivity contribution is 5.85. The van der Waals surface area contributed by atoms with Crippen molar-refractivity contribution in [3.8, 4) is 0 Å². The topological polar surface area (TPSA) is 32.3 Å². The van der Waals surface area contributed by atoms with Crippen molar-refractivity contribution in [3.63, 3.8) is 0 Å². The third kappa shape index (κ3) is 1.70. The quantitative estimate of drug-likeness (QED) is 0.715. The summed E-state index contributed by atoms with van der Waals surface area (Å²) in [6.07, 6.45) is 0.522. The average Bonchev–Trinajstić information content (AvgIpc) is 2.40. The van der Waals surface area contributed by atoms with Crippen LogP contribution in [-0.2, 0) is 6.42 Å². The lowest BCUT2D eigenvalue weighted by Crippen LogP contribution is -2.25. The number of hydrogen-bond donors (Lipinski definition) is 2. The van der Waals surface area contributed by atoms with Crippen molar-refractivity contribution in [2.45, 2.75) is 18.6 Å². The number of halogens is 1. The first-order valence-corrected chi connectivity index (χ1v) is 4.26. The number of nitrogens with one attached hydrogen (secondary N) is 1. The molecule has 0 unspecified atom stereocenters. The van der Waals surface area contributed by atoms with Crippen LogP contribution in [0.2, 0.25) is 0 Å². The van der Waals surface area contributed by atoms with E-state index in [0.717, 1.165) is 6.42 Å². The number of benzene rings is 1. The molecule has 0 radical (unpaired) electrons. The number of rotatable bonds is 1. The van der Waals surface area contributed by atoms with E-state index in [2.05, 4.69) is 17.4 Å². The smallest absolute Gasteiger partial charge is 0.0775 e. The van der Waals surface area contributed by atoms with Gasteiger partial charge >= 0.3 is 0 Å². The van der Waals surface area contributed by atoms with Crippen LogP contribution in [0, 0.1) is 0 Å². The minimum absolute atomic E-state index is 0. The maximum absolute atomic E-state index is 9.65. The molecule has 0 aromatic heterocycles. The fourth-order valence-corrected chi connectivity index (χ4v) is 1.92. The molecule has 2 nitrogen and oxygen atoms in total. The highest BCUT2D eigenvalue weighted by Crippen LogP contribution is 2.30. The van der Waals surface area contributed by atoms with E-state index in [1.165, 1.54) is 11.1 Å². The molecule has 0 fully saturated rings. The summed E-state index contributed by atoms with van der Waals surface area (Å²) in [5, 5.41) is 12.8. The molecule has 1 aliphatic rings. The van der Waals surface area contributed by atoms with Crippen LogP contribution in [0.15, 0.2) is 24.3 Å². The second kappa shape index (κ2) is 4.09. The highest BCUT2D eigenvalue weighted by Gasteiger charge is 2.28. The Kier molecular flexibility index (Phi) is 3.31. The molecule has 0 spiro atoms. The molecule has 0 bridgehead atoms. The van der Waals surface area contributed by atoms with Crippen molar-refractivity contribution < 1.29 is 5.11 Å². The molecular weight excluding hydrogens is 186 g/mol. The first-order valence-electron chi connectivity index (χ1n) is 4.26. The van der Waals surface area contributed by atoms with Gasteiger partial charge in [-0.3, -0.25) is 0 Å². The fraction of sp³-hybridized carbons (Fsp3) is 0.400. The van der Waals surface area contributed by atoms with Gasteiger partial charge in [0.15, 0.2) is 0 Å². The second-order valence-electron chi connectivity index (χ2n) is 3.24. The van der Waals surface area contributed by atoms with Crippen LogP contribution in [-0.4, -0.2) is 18.3 Å². The lowest BCUT2D eigenvalue weighted by molar-refractivity contribution is 0.145. The van der Waals surface area contributed by atoms with Crippen molar-refractivity contribution in [2.24, 2.45) is 0 Å². The first kappa shape index (κ1) is 10.5. The van der Waals surface area contributed by atoms with Gasteiger partial charge in [0.1, 0.15) is 0 Å². The van der Waals surface area contributed by atoms with Crippen molar-refractivity contribution in [1.29, 1.82) is 0 Å². The molecule has 0 heterocycles. The summed E-state index contributed by atoms with van der Waals surface area (Å²) in [6, 6.07) is 8.31. The molecule has 13 heavy (non-hydrogen) atoms. The van der Waals surface area contributed by atoms with Crippen LogP contribution in [0.3, 0.4) is 0 Å². The number of aliphatic hydroxyl groups excluding tert-OH is 1. The Morgan fingerprint density at radius 1 is 1.38 bits per heavy atom. The lowest BCUT2D eigenvalue weighted by atomic mass is 10.1. The molecule has 3 heteroatoms. The van der Waals surface area contributed by atoms with Gasteiger partial charge < -0.3 is 10.4 Å². The van der Waals surface area contributed by atoms with E-state index in [4.69, 9.17) is 0 Å². The summed E-state index contributed by atoms with van der Waals surface area (Å²) < 4.78 is 0. The molecule has 0 saturated carbocycles. The summed E-state index contributed by atoms with van der Waals surface area (Å²) >= 11 is 0. The van der Waals surface area contributed by atoms with E-state index in [0.29, 0.717) is 0 Å². The minimum Gasteiger partial charge on any atom is -0.391 e. The Bertz CT molecular complexity index is 290. The van der Waals surface area contributed by atoms with Crippen molar-refractivity contribution in [3.05, 3.63) is 35.4 Å². The first-order chi connectivity index (χ1) is 5.83. The maximum atomic E-state index is 9.65. The van der Waals surface area contributed by atoms with Crippen molar-refractivity contribution >= 4 is 12.4 Å². The minimum atomic E-state index is -0.257. The normalized spacial score (nSPS) is 25.1. The second-order valence-corrected chi connectivity index (χ2v) is 3.24. The molecular formula is C10H14ClNO. The summed E-state index contributed by atoms with van der Waals surface area (Å²) in [4.78, 5) is 0. The van der Waals surface area contributed by atoms with Crippen LogP contribution in [0.1, 0.15) is 17.2 Å². The van der Waals surface area contributed by atoms with Gasteiger partial charge in [-0.25, -0.2) is 0 Å². The van der Waals surface area contributed by atoms with Gasteiger partial charge in [-0.15, -0.1) is 12.4 Å². The van der Waals surface area contributed by atoms with Crippen LogP contribution < -0.4 is 5.32 Å². The third-order valence-electron chi connectivity index (χ3n) is 2.51. The summed E-state index contributed by atoms with van der Waals surface area (Å²) in [7, 11) is 1.88. The zero-order valence-electron chi connectivity index (χ0n) is 7.53. The predicted molar refractivity (Wildman–Crippen MR) is 55.2 cm³/mol. The van der Waals surface area contributed by atoms with Gasteiger partial charge in [0, 0.05) is 6.42 Å². The third-order valence-corrected chi connectivity index (χ3v) is 2.51. The Morgan fingerprint density at radius 3 is 2.77 bits per heavy atom. The summed E-state index contributed by atoms with van der Waals surface area (Å²) in [5.41, 5.74) is 2.51. The largest absolute Gasteiger partial charge is 0.391 e. The van der Waals surface area contributed by atoms with Gasteiger partial charge in [0.05, 0.1) is 12.1 Å². The Hall–Kier alpha value is -0.570. The molecule has 1 aromatic carbocycles. The van der Waals surface area contributed by atoms with Crippen LogP contribution in [0.5, 0.6) is 0 Å². The van der Waals surface area contributed by atoms with Crippen LogP contribution in [0.25, 0.3) is 0 Å². The van der Waals surface area contributed by atoms with E-state index in [-0.39, 0.29) is 24.6 Å². The Balaban J connectivity index is 0.000000845. The number of aliphatic hydroxyl groups is 1. The Morgan fingerprint density at radius 2 is 2.08 bits per heavy atom. The SMILES string of the molecule is CN[C@H]1c2ccccc2C[C@@H]1O.Cl. The van der Waals surface area contributed by atoms with E-state index in [1.807, 2.05) is 19.2 Å². The standard InChI is InChI=1S/C10H13NO.ClH/c1-11-10-8-5-3-2-4-7(8)6-9(10)12;/h2-5,9-12H,6H2,1H3;1H/t9-,10-;/m0./s1. The zero-order valence-corrected chi connectivity index (χ0v) is 8.34. The van der Waals surface area contributed by atoms with Crippen LogP contribution in [0.4, 0.5) is 0 Å². The van der Waals surface area contributed by atoms with E-state index in [9.17, 15) is 5.11 Å². The zero-order chi connectivity index (χ0) is 8.55. The predicted octanol–water partition coefficient (Wildman–Crippen LogP) is 1.29. The number of hydrogen-bond acceptors (Lipinski definition) is 2. The average molecular weight is 200 g/mol. The molecule has 0 aliphatic heterocycles. The lowest BCUT2D eigenvalue weighted by Gasteiger charge is -2.13. The van der Waals surface area contributed by atoms with E-state index >= 15 is 0 Å². The fourth-order valence-electron chi connectivity index (χ4n) is 1.92. The Labute approximate surface area is 84.4 Å². The maximum Gasteiger partial charge on any atom is 0.0775 e. The summed E-state index contributed by atoms with van der Waals surface area (Å²) in [6.45, 7) is 0. The van der Waals surface area contributed by atoms with Crippen molar-refractivity contribution in [2.75, 3.05) is 7.05 Å². The molecule has 2 N–H and O–H groups in total. The van der Waals surface area contributed by atoms with E-state index in [1.54, 1.807) is 0 Å². The van der Waals surface area contributed by atoms with Gasteiger partial charge in [0.25, 0.3) is 0 Å². The van der Waals surface area contributed by atoms with Gasteiger partial charge in [0.2, 0.25) is 0 Å². The van der Waals surface area contributed by atoms with Gasteiger partial charge in [-0.2, -0.15) is 0 Å². The van der Waals surface area contributed by atoms with Crippen LogP contribution >= 0.6 is 12.4 Å². The molecule has 2 rings (SSSR count). The molecule has 1 aliphatic carbocycles. The molecule has 0 amide bonds. The number of fused-ring (bicyclic) bond motifs is 1. The van der Waals surface area contributed by atoms with Crippen molar-refractivity contribution in [1.82, 2.24) is 5.32 Å². The van der Waals surface area contributed by atoms with E-state index < -0.39 is 0 Å². The highest BCUT2D eigenvalue weighted by atomic mass is 35.5. The molecule has 72 valence electrons. The number of likely N-dealkylation sites (N-methyl/N-ethyl adjacent to an activating group) is 1. The molecule has 1 aromatic rings. The van der Waals surface area contributed by atoms with Gasteiger partial charge in [-0.05, 0) is 18.2 Å². The molecule has 0 saturated heterocycles. The monoisotopic (exact) mass is 199 g/mol. The summed E-state index contributed by atoms with van der Waals surface area (Å²) in [5.74, 6) is 0. The van der Waals surface area contributed by atoms with Gasteiger partial charge in [-0.1, -0.05) is 24.3 Å².